The third kappa shape index (κ3) is 2.83. The fourth-order valence-corrected chi connectivity index (χ4v) is 1.70. The van der Waals surface area contributed by atoms with Crippen LogP contribution in [0.4, 0.5) is 13.2 Å². The molecule has 0 saturated carbocycles. The first-order chi connectivity index (χ1) is 8.45. The first-order valence-corrected chi connectivity index (χ1v) is 5.33. The number of hydrogen-bond donors (Lipinski definition) is 2. The van der Waals surface area contributed by atoms with Crippen LogP contribution in [0.5, 0.6) is 0 Å². The first-order valence-electron chi connectivity index (χ1n) is 5.33. The Kier molecular flexibility index (Phi) is 4.16. The van der Waals surface area contributed by atoms with Crippen LogP contribution in [-0.4, -0.2) is 59.7 Å². The lowest BCUT2D eigenvalue weighted by molar-refractivity contribution is -0.298. The van der Waals surface area contributed by atoms with Gasteiger partial charge < -0.3 is 24.4 Å². The Balaban J connectivity index is 3.04. The van der Waals surface area contributed by atoms with E-state index in [0.717, 1.165) is 0 Å². The minimum absolute atomic E-state index is 0.399. The standard InChI is InChI=1S/C10H15F3O6/c1-8(2)18-4-5(19-8)6(14)9(16,7(15)17-3)10(11,12)13/h5-6,14,16H,4H2,1-3H3/t5-,6-,9+/m1/s1. The predicted molar refractivity (Wildman–Crippen MR) is 53.9 cm³/mol. The van der Waals surface area contributed by atoms with Crippen LogP contribution in [0.15, 0.2) is 0 Å². The lowest BCUT2D eigenvalue weighted by Gasteiger charge is -2.34. The molecule has 1 aliphatic heterocycles. The Bertz CT molecular complexity index is 356. The average Bonchev–Trinajstić information content (AvgIpc) is 2.64. The number of rotatable bonds is 3. The normalized spacial score (nSPS) is 27.7. The largest absolute Gasteiger partial charge is 0.467 e. The Labute approximate surface area is 107 Å². The van der Waals surface area contributed by atoms with Gasteiger partial charge >= 0.3 is 12.1 Å². The minimum Gasteiger partial charge on any atom is -0.467 e. The number of ether oxygens (including phenoxy) is 3. The van der Waals surface area contributed by atoms with Crippen molar-refractivity contribution in [2.24, 2.45) is 0 Å². The zero-order chi connectivity index (χ0) is 15.1. The van der Waals surface area contributed by atoms with Crippen LogP contribution in [-0.2, 0) is 19.0 Å². The second kappa shape index (κ2) is 4.89. The van der Waals surface area contributed by atoms with Crippen molar-refractivity contribution >= 4 is 5.97 Å². The molecule has 1 fully saturated rings. The molecule has 1 heterocycles. The molecular formula is C10H15F3O6. The summed E-state index contributed by atoms with van der Waals surface area (Å²) in [7, 11) is 0.668. The minimum atomic E-state index is -5.42. The van der Waals surface area contributed by atoms with Crippen LogP contribution in [0.1, 0.15) is 13.8 Å². The Morgan fingerprint density at radius 1 is 1.47 bits per heavy atom. The van der Waals surface area contributed by atoms with Gasteiger partial charge in [-0.3, -0.25) is 0 Å². The van der Waals surface area contributed by atoms with Crippen molar-refractivity contribution in [3.8, 4) is 0 Å². The maximum atomic E-state index is 12.8. The summed E-state index contributed by atoms with van der Waals surface area (Å²) in [4.78, 5) is 11.2. The molecule has 19 heavy (non-hydrogen) atoms. The van der Waals surface area contributed by atoms with Gasteiger partial charge in [-0.1, -0.05) is 0 Å². The number of methoxy groups -OCH3 is 1. The monoisotopic (exact) mass is 288 g/mol. The third-order valence-electron chi connectivity index (χ3n) is 2.74. The maximum Gasteiger partial charge on any atom is 0.430 e. The zero-order valence-electron chi connectivity index (χ0n) is 10.5. The van der Waals surface area contributed by atoms with E-state index in [1.165, 1.54) is 13.8 Å². The molecule has 6 nitrogen and oxygen atoms in total. The van der Waals surface area contributed by atoms with E-state index in [4.69, 9.17) is 9.47 Å². The van der Waals surface area contributed by atoms with Crippen LogP contribution < -0.4 is 0 Å². The molecule has 3 atom stereocenters. The van der Waals surface area contributed by atoms with Crippen LogP contribution in [0, 0.1) is 0 Å². The average molecular weight is 288 g/mol. The van der Waals surface area contributed by atoms with E-state index in [-0.39, 0.29) is 0 Å². The topological polar surface area (TPSA) is 85.2 Å². The van der Waals surface area contributed by atoms with Gasteiger partial charge in [-0.15, -0.1) is 0 Å². The summed E-state index contributed by atoms with van der Waals surface area (Å²) in [5.74, 6) is -3.23. The highest BCUT2D eigenvalue weighted by Gasteiger charge is 2.67. The van der Waals surface area contributed by atoms with E-state index >= 15 is 0 Å². The van der Waals surface area contributed by atoms with Crippen molar-refractivity contribution in [1.29, 1.82) is 0 Å². The van der Waals surface area contributed by atoms with Gasteiger partial charge in [0.2, 0.25) is 0 Å². The fourth-order valence-electron chi connectivity index (χ4n) is 1.70. The molecule has 2 N–H and O–H groups in total. The van der Waals surface area contributed by atoms with Gasteiger partial charge in [-0.05, 0) is 13.8 Å². The smallest absolute Gasteiger partial charge is 0.430 e. The molecule has 9 heteroatoms. The van der Waals surface area contributed by atoms with Crippen molar-refractivity contribution in [3.05, 3.63) is 0 Å². The number of hydrogen-bond acceptors (Lipinski definition) is 6. The van der Waals surface area contributed by atoms with Crippen molar-refractivity contribution in [1.82, 2.24) is 0 Å². The SMILES string of the molecule is COC(=O)[C@@](O)([C@H](O)[C@H]1COC(C)(C)O1)C(F)(F)F. The number of alkyl halides is 3. The molecule has 0 aliphatic carbocycles. The summed E-state index contributed by atoms with van der Waals surface area (Å²) in [6.45, 7) is 2.44. The number of aliphatic hydroxyl groups excluding tert-OH is 1. The van der Waals surface area contributed by atoms with Crippen molar-refractivity contribution in [3.63, 3.8) is 0 Å². The van der Waals surface area contributed by atoms with Crippen molar-refractivity contribution in [2.45, 2.75) is 43.6 Å². The molecule has 1 saturated heterocycles. The summed E-state index contributed by atoms with van der Waals surface area (Å²) < 4.78 is 52.4. The van der Waals surface area contributed by atoms with Crippen LogP contribution in [0.2, 0.25) is 0 Å². The number of aliphatic hydroxyl groups is 2. The highest BCUT2D eigenvalue weighted by Crippen LogP contribution is 2.38. The number of carbonyl (C=O) groups excluding carboxylic acids is 1. The second-order valence-electron chi connectivity index (χ2n) is 4.57. The molecule has 0 spiro atoms. The van der Waals surface area contributed by atoms with E-state index in [2.05, 4.69) is 4.74 Å². The second-order valence-corrected chi connectivity index (χ2v) is 4.57. The van der Waals surface area contributed by atoms with Gasteiger partial charge in [0.1, 0.15) is 12.2 Å². The van der Waals surface area contributed by atoms with E-state index in [1.807, 2.05) is 0 Å². The first kappa shape index (κ1) is 16.2. The molecule has 0 bridgehead atoms. The Hall–Kier alpha value is -0.900. The quantitative estimate of drug-likeness (QED) is 0.709. The van der Waals surface area contributed by atoms with Gasteiger partial charge in [0.15, 0.2) is 5.79 Å². The molecule has 0 radical (unpaired) electrons. The fraction of sp³-hybridized carbons (Fsp3) is 0.900. The number of esters is 1. The van der Waals surface area contributed by atoms with Crippen molar-refractivity contribution < 1.29 is 42.4 Å². The molecular weight excluding hydrogens is 273 g/mol. The number of halogens is 3. The summed E-state index contributed by atoms with van der Waals surface area (Å²) in [5, 5.41) is 19.2. The molecule has 0 unspecified atom stereocenters. The summed E-state index contributed by atoms with van der Waals surface area (Å²) in [6.07, 6.45) is -9.50. The maximum absolute atomic E-state index is 12.8. The van der Waals surface area contributed by atoms with E-state index in [9.17, 15) is 28.2 Å². The lowest BCUT2D eigenvalue weighted by Crippen LogP contribution is -2.64. The van der Waals surface area contributed by atoms with Gasteiger partial charge in [0.25, 0.3) is 5.60 Å². The highest BCUT2D eigenvalue weighted by atomic mass is 19.4. The van der Waals surface area contributed by atoms with Crippen LogP contribution in [0.3, 0.4) is 0 Å². The van der Waals surface area contributed by atoms with E-state index < -0.39 is 42.3 Å². The predicted octanol–water partition coefficient (Wildman–Crippen LogP) is -0.0348. The Morgan fingerprint density at radius 3 is 2.32 bits per heavy atom. The van der Waals surface area contributed by atoms with E-state index in [1.54, 1.807) is 0 Å². The Morgan fingerprint density at radius 2 is 2.00 bits per heavy atom. The summed E-state index contributed by atoms with van der Waals surface area (Å²) >= 11 is 0. The molecule has 0 aromatic carbocycles. The van der Waals surface area contributed by atoms with Gasteiger partial charge in [-0.25, -0.2) is 4.79 Å². The zero-order valence-corrected chi connectivity index (χ0v) is 10.5. The molecule has 1 aliphatic rings. The van der Waals surface area contributed by atoms with Crippen molar-refractivity contribution in [2.75, 3.05) is 13.7 Å². The highest BCUT2D eigenvalue weighted by molar-refractivity contribution is 5.81. The third-order valence-corrected chi connectivity index (χ3v) is 2.74. The van der Waals surface area contributed by atoms with Crippen LogP contribution >= 0.6 is 0 Å². The van der Waals surface area contributed by atoms with Crippen LogP contribution in [0.25, 0.3) is 0 Å². The van der Waals surface area contributed by atoms with Gasteiger partial charge in [0.05, 0.1) is 13.7 Å². The number of carbonyl (C=O) groups is 1. The van der Waals surface area contributed by atoms with Gasteiger partial charge in [-0.2, -0.15) is 13.2 Å². The molecule has 0 aromatic heterocycles. The summed E-state index contributed by atoms with van der Waals surface area (Å²) in [5.41, 5.74) is -4.07. The lowest BCUT2D eigenvalue weighted by atomic mass is 9.92. The summed E-state index contributed by atoms with van der Waals surface area (Å²) in [6, 6.07) is 0. The van der Waals surface area contributed by atoms with Gasteiger partial charge in [0, 0.05) is 0 Å². The molecule has 0 amide bonds. The molecule has 1 rings (SSSR count). The molecule has 112 valence electrons. The van der Waals surface area contributed by atoms with E-state index in [0.29, 0.717) is 7.11 Å². The molecule has 0 aromatic rings.